The van der Waals surface area contributed by atoms with Crippen LogP contribution >= 0.6 is 15.2 Å². The predicted molar refractivity (Wildman–Crippen MR) is 96.5 cm³/mol. The number of ether oxygens (including phenoxy) is 3. The van der Waals surface area contributed by atoms with Gasteiger partial charge in [0.1, 0.15) is 25.8 Å². The molecule has 0 bridgehead atoms. The van der Waals surface area contributed by atoms with Gasteiger partial charge in [0.25, 0.3) is 0 Å². The van der Waals surface area contributed by atoms with Gasteiger partial charge in [0.2, 0.25) is 0 Å². The van der Waals surface area contributed by atoms with Gasteiger partial charge in [-0.15, -0.1) is 0 Å². The third kappa shape index (κ3) is 16.8. The minimum Gasteiger partial charge on any atom is -0.460 e. The second-order valence-electron chi connectivity index (χ2n) is 5.60. The van der Waals surface area contributed by atoms with Crippen molar-refractivity contribution in [2.45, 2.75) is 6.92 Å². The molecule has 164 valence electrons. The largest absolute Gasteiger partial charge is 0.460 e. The van der Waals surface area contributed by atoms with Crippen LogP contribution in [0, 0.1) is 0 Å². The molecule has 0 saturated carbocycles. The molecular weight excluding hydrogens is 422 g/mol. The Kier molecular flexibility index (Phi) is 12.4. The fraction of sp³-hybridized carbons (Fsp3) is 0.692. The Bertz CT molecular complexity index is 592. The van der Waals surface area contributed by atoms with E-state index in [1.54, 1.807) is 0 Å². The van der Waals surface area contributed by atoms with E-state index >= 15 is 0 Å². The normalized spacial score (nSPS) is 11.9. The van der Waals surface area contributed by atoms with Gasteiger partial charge in [-0.1, -0.05) is 6.58 Å². The van der Waals surface area contributed by atoms with Crippen molar-refractivity contribution in [1.29, 1.82) is 0 Å². The Morgan fingerprint density at radius 1 is 0.964 bits per heavy atom. The molecule has 0 aliphatic carbocycles. The number of amides is 1. The molecule has 28 heavy (non-hydrogen) atoms. The molecule has 0 fully saturated rings. The van der Waals surface area contributed by atoms with Crippen LogP contribution < -0.4 is 5.32 Å². The van der Waals surface area contributed by atoms with Crippen LogP contribution in [0.25, 0.3) is 0 Å². The van der Waals surface area contributed by atoms with Crippen LogP contribution in [0.2, 0.25) is 0 Å². The number of hydrogen-bond acceptors (Lipinski definition) is 8. The quantitative estimate of drug-likeness (QED) is 0.0984. The number of rotatable bonds is 14. The molecule has 15 heteroatoms. The summed E-state index contributed by atoms with van der Waals surface area (Å²) in [5.74, 6) is -0.531. The molecule has 0 rings (SSSR count). The van der Waals surface area contributed by atoms with Crippen LogP contribution in [0.3, 0.4) is 0 Å². The lowest BCUT2D eigenvalue weighted by atomic mass is 10.4. The van der Waals surface area contributed by atoms with E-state index in [0.717, 1.165) is 4.90 Å². The molecule has 0 aliphatic heterocycles. The molecule has 0 aromatic rings. The topological polar surface area (TPSA) is 192 Å². The summed E-state index contributed by atoms with van der Waals surface area (Å²) >= 11 is 0. The van der Waals surface area contributed by atoms with Gasteiger partial charge in [-0.05, 0) is 6.92 Å². The molecule has 13 nitrogen and oxygen atoms in total. The number of nitrogens with one attached hydrogen (secondary N) is 1. The van der Waals surface area contributed by atoms with Gasteiger partial charge >= 0.3 is 27.3 Å². The first-order chi connectivity index (χ1) is 12.8. The Morgan fingerprint density at radius 3 is 2.04 bits per heavy atom. The number of carbonyl (C=O) groups excluding carboxylic acids is 2. The van der Waals surface area contributed by atoms with Crippen molar-refractivity contribution in [1.82, 2.24) is 10.2 Å². The number of carbonyl (C=O) groups is 2. The molecule has 0 aliphatic rings. The van der Waals surface area contributed by atoms with E-state index in [9.17, 15) is 18.7 Å². The summed E-state index contributed by atoms with van der Waals surface area (Å²) in [4.78, 5) is 59.0. The summed E-state index contributed by atoms with van der Waals surface area (Å²) in [6, 6.07) is 0. The molecule has 0 unspecified atom stereocenters. The summed E-state index contributed by atoms with van der Waals surface area (Å²) in [6.07, 6.45) is -2.61. The first-order valence-corrected chi connectivity index (χ1v) is 11.5. The average molecular weight is 448 g/mol. The number of esters is 1. The van der Waals surface area contributed by atoms with Gasteiger partial charge in [-0.25, -0.2) is 9.59 Å². The van der Waals surface area contributed by atoms with E-state index in [-0.39, 0.29) is 45.1 Å². The number of hydrogen-bond donors (Lipinski definition) is 5. The highest BCUT2D eigenvalue weighted by Gasteiger charge is 2.25. The zero-order valence-corrected chi connectivity index (χ0v) is 17.1. The maximum absolute atomic E-state index is 11.5. The Labute approximate surface area is 162 Å². The molecule has 0 aromatic carbocycles. The van der Waals surface area contributed by atoms with Crippen molar-refractivity contribution in [2.24, 2.45) is 0 Å². The zero-order chi connectivity index (χ0) is 21.8. The second-order valence-corrected chi connectivity index (χ2v) is 8.82. The molecule has 0 radical (unpaired) electrons. The zero-order valence-electron chi connectivity index (χ0n) is 15.4. The van der Waals surface area contributed by atoms with Crippen molar-refractivity contribution < 1.29 is 52.5 Å². The van der Waals surface area contributed by atoms with E-state index in [4.69, 9.17) is 33.8 Å². The third-order valence-corrected chi connectivity index (χ3v) is 4.27. The minimum absolute atomic E-state index is 0.0329. The Morgan fingerprint density at radius 2 is 1.54 bits per heavy atom. The van der Waals surface area contributed by atoms with E-state index in [2.05, 4.69) is 11.9 Å². The maximum atomic E-state index is 11.5. The van der Waals surface area contributed by atoms with Crippen LogP contribution in [0.4, 0.5) is 4.79 Å². The monoisotopic (exact) mass is 448 g/mol. The highest BCUT2D eigenvalue weighted by Crippen LogP contribution is 2.40. The third-order valence-electron chi connectivity index (χ3n) is 2.73. The van der Waals surface area contributed by atoms with Gasteiger partial charge in [0.05, 0.1) is 13.2 Å². The Balaban J connectivity index is 3.94. The fourth-order valence-electron chi connectivity index (χ4n) is 1.67. The summed E-state index contributed by atoms with van der Waals surface area (Å²) in [7, 11) is -9.08. The van der Waals surface area contributed by atoms with Crippen molar-refractivity contribution in [2.75, 3.05) is 52.1 Å². The fourth-order valence-corrected chi connectivity index (χ4v) is 3.35. The first-order valence-electron chi connectivity index (χ1n) is 7.92. The van der Waals surface area contributed by atoms with Gasteiger partial charge in [-0.2, -0.15) is 0 Å². The lowest BCUT2D eigenvalue weighted by molar-refractivity contribution is -0.140. The molecular formula is C13H26N2O11P2. The molecule has 1 amide bonds. The lowest BCUT2D eigenvalue weighted by Gasteiger charge is -2.22. The van der Waals surface area contributed by atoms with E-state index in [1.807, 2.05) is 0 Å². The summed E-state index contributed by atoms with van der Waals surface area (Å²) in [5, 5.41) is 2.34. The van der Waals surface area contributed by atoms with Crippen molar-refractivity contribution in [3.8, 4) is 0 Å². The Hall–Kier alpha value is -1.30. The van der Waals surface area contributed by atoms with Crippen LogP contribution in [-0.2, 0) is 28.1 Å². The van der Waals surface area contributed by atoms with Gasteiger partial charge in [0.15, 0.2) is 0 Å². The number of nitrogens with zero attached hydrogens (tertiary/aromatic N) is 1. The minimum atomic E-state index is -4.54. The van der Waals surface area contributed by atoms with E-state index in [1.165, 1.54) is 6.92 Å². The molecule has 5 N–H and O–H groups in total. The van der Waals surface area contributed by atoms with Gasteiger partial charge < -0.3 is 39.1 Å². The van der Waals surface area contributed by atoms with Crippen LogP contribution in [0.15, 0.2) is 12.2 Å². The van der Waals surface area contributed by atoms with Crippen molar-refractivity contribution in [3.63, 3.8) is 0 Å². The highest BCUT2D eigenvalue weighted by molar-refractivity contribution is 7.52. The lowest BCUT2D eigenvalue weighted by Crippen LogP contribution is -2.33. The molecule has 0 atom stereocenters. The van der Waals surface area contributed by atoms with Crippen molar-refractivity contribution >= 4 is 27.3 Å². The molecule has 0 saturated heterocycles. The van der Waals surface area contributed by atoms with Crippen LogP contribution in [0.5, 0.6) is 0 Å². The first kappa shape index (κ1) is 26.7. The highest BCUT2D eigenvalue weighted by atomic mass is 31.2. The average Bonchev–Trinajstić information content (AvgIpc) is 2.50. The van der Waals surface area contributed by atoms with E-state index in [0.29, 0.717) is 0 Å². The maximum Gasteiger partial charge on any atom is 0.407 e. The summed E-state index contributed by atoms with van der Waals surface area (Å²) in [5.41, 5.74) is 0.268. The van der Waals surface area contributed by atoms with Crippen LogP contribution in [0.1, 0.15) is 6.92 Å². The number of alkyl carbamates (subject to hydrolysis) is 1. The SMILES string of the molecule is C=C(C)C(=O)OCCOCCNC(=O)OCCN(CP(=O)(O)O)CP(=O)(O)O. The summed E-state index contributed by atoms with van der Waals surface area (Å²) in [6.45, 7) is 4.65. The van der Waals surface area contributed by atoms with Crippen molar-refractivity contribution in [3.05, 3.63) is 12.2 Å². The smallest absolute Gasteiger partial charge is 0.407 e. The molecule has 0 heterocycles. The van der Waals surface area contributed by atoms with Gasteiger partial charge in [0, 0.05) is 18.7 Å². The van der Waals surface area contributed by atoms with Gasteiger partial charge in [-0.3, -0.25) is 14.0 Å². The predicted octanol–water partition coefficient (Wildman–Crippen LogP) is -0.579. The summed E-state index contributed by atoms with van der Waals surface area (Å²) < 4.78 is 36.6. The standard InChI is InChI=1S/C13H26N2O11P2/c1-11(2)12(16)25-8-7-24-5-3-14-13(17)26-6-4-15(9-27(18,19)20)10-28(21,22)23/h1,3-10H2,2H3,(H,14,17)(H2,18,19,20)(H2,21,22,23). The molecule has 0 spiro atoms. The van der Waals surface area contributed by atoms with E-state index < -0.39 is 39.8 Å². The molecule has 0 aromatic heterocycles. The van der Waals surface area contributed by atoms with Crippen LogP contribution in [-0.4, -0.2) is 88.6 Å². The second kappa shape index (κ2) is 13.0.